The third-order valence-electron chi connectivity index (χ3n) is 3.26. The number of urea groups is 1. The Morgan fingerprint density at radius 1 is 1.10 bits per heavy atom. The van der Waals surface area contributed by atoms with Crippen molar-refractivity contribution in [3.05, 3.63) is 65.0 Å². The van der Waals surface area contributed by atoms with Crippen LogP contribution in [0.4, 0.5) is 4.79 Å². The van der Waals surface area contributed by atoms with E-state index in [-0.39, 0.29) is 12.6 Å². The molecule has 0 aliphatic heterocycles. The zero-order valence-electron chi connectivity index (χ0n) is 12.0. The summed E-state index contributed by atoms with van der Waals surface area (Å²) in [6.07, 6.45) is 1.71. The van der Waals surface area contributed by atoms with E-state index in [1.165, 1.54) is 0 Å². The monoisotopic (exact) mass is 285 g/mol. The van der Waals surface area contributed by atoms with Crippen molar-refractivity contribution >= 4 is 6.03 Å². The van der Waals surface area contributed by atoms with Gasteiger partial charge in [0.2, 0.25) is 0 Å². The lowest BCUT2D eigenvalue weighted by molar-refractivity contribution is 0.239. The number of nitrogens with one attached hydrogen (secondary N) is 2. The average Bonchev–Trinajstić information content (AvgIpc) is 2.52. The Kier molecular flexibility index (Phi) is 5.29. The molecule has 3 N–H and O–H groups in total. The maximum absolute atomic E-state index is 11.8. The molecule has 5 heteroatoms. The van der Waals surface area contributed by atoms with E-state index in [9.17, 15) is 9.90 Å². The highest BCUT2D eigenvalue weighted by molar-refractivity contribution is 5.73. The maximum Gasteiger partial charge on any atom is 0.315 e. The molecular weight excluding hydrogens is 266 g/mol. The predicted molar refractivity (Wildman–Crippen MR) is 80.4 cm³/mol. The minimum atomic E-state index is -0.257. The number of aromatic nitrogens is 1. The lowest BCUT2D eigenvalue weighted by Crippen LogP contribution is -2.35. The number of aryl methyl sites for hydroxylation is 1. The highest BCUT2D eigenvalue weighted by atomic mass is 16.3. The number of benzene rings is 1. The molecule has 0 spiro atoms. The smallest absolute Gasteiger partial charge is 0.315 e. The highest BCUT2D eigenvalue weighted by Gasteiger charge is 2.05. The fourth-order valence-electron chi connectivity index (χ4n) is 1.99. The summed E-state index contributed by atoms with van der Waals surface area (Å²) in [6, 6.07) is 11.0. The quantitative estimate of drug-likeness (QED) is 0.785. The molecule has 0 aliphatic carbocycles. The molecule has 2 aromatic rings. The van der Waals surface area contributed by atoms with E-state index in [0.717, 1.165) is 22.4 Å². The minimum absolute atomic E-state index is 0.0351. The number of pyridine rings is 1. The number of aliphatic hydroxyl groups is 1. The van der Waals surface area contributed by atoms with E-state index in [1.807, 2.05) is 43.3 Å². The first-order valence-electron chi connectivity index (χ1n) is 6.80. The van der Waals surface area contributed by atoms with Crippen molar-refractivity contribution in [1.29, 1.82) is 0 Å². The summed E-state index contributed by atoms with van der Waals surface area (Å²) in [5, 5.41) is 14.8. The van der Waals surface area contributed by atoms with E-state index < -0.39 is 0 Å². The first kappa shape index (κ1) is 15.0. The second-order valence-electron chi connectivity index (χ2n) is 4.73. The number of amides is 2. The predicted octanol–water partition coefficient (Wildman–Crippen LogP) is 1.88. The van der Waals surface area contributed by atoms with Crippen molar-refractivity contribution in [3.8, 4) is 0 Å². The van der Waals surface area contributed by atoms with Gasteiger partial charge in [0.1, 0.15) is 0 Å². The Labute approximate surface area is 124 Å². The van der Waals surface area contributed by atoms with Gasteiger partial charge in [-0.25, -0.2) is 4.79 Å². The van der Waals surface area contributed by atoms with E-state index in [4.69, 9.17) is 0 Å². The first-order chi connectivity index (χ1) is 10.2. The fourth-order valence-corrected chi connectivity index (χ4v) is 1.99. The topological polar surface area (TPSA) is 74.2 Å². The third-order valence-corrected chi connectivity index (χ3v) is 3.26. The van der Waals surface area contributed by atoms with Crippen LogP contribution in [0.5, 0.6) is 0 Å². The van der Waals surface area contributed by atoms with Crippen molar-refractivity contribution in [2.75, 3.05) is 0 Å². The first-order valence-corrected chi connectivity index (χ1v) is 6.80. The third kappa shape index (κ3) is 4.29. The maximum atomic E-state index is 11.8. The molecule has 0 bridgehead atoms. The van der Waals surface area contributed by atoms with Crippen LogP contribution in [0.3, 0.4) is 0 Å². The lowest BCUT2D eigenvalue weighted by atomic mass is 10.1. The van der Waals surface area contributed by atoms with Crippen molar-refractivity contribution in [3.63, 3.8) is 0 Å². The lowest BCUT2D eigenvalue weighted by Gasteiger charge is -2.10. The number of aliphatic hydroxyl groups excluding tert-OH is 1. The van der Waals surface area contributed by atoms with Gasteiger partial charge in [0.15, 0.2) is 0 Å². The SMILES string of the molecule is Cc1cccnc1CNC(=O)NCc1ccccc1CO. The van der Waals surface area contributed by atoms with Crippen LogP contribution in [0.25, 0.3) is 0 Å². The molecule has 0 radical (unpaired) electrons. The van der Waals surface area contributed by atoms with Gasteiger partial charge in [0, 0.05) is 12.7 Å². The molecule has 2 amide bonds. The van der Waals surface area contributed by atoms with Gasteiger partial charge in [-0.2, -0.15) is 0 Å². The van der Waals surface area contributed by atoms with E-state index in [0.29, 0.717) is 13.1 Å². The van der Waals surface area contributed by atoms with E-state index in [2.05, 4.69) is 15.6 Å². The Morgan fingerprint density at radius 3 is 2.52 bits per heavy atom. The van der Waals surface area contributed by atoms with Crippen LogP contribution in [0.2, 0.25) is 0 Å². The zero-order chi connectivity index (χ0) is 15.1. The molecule has 0 saturated heterocycles. The molecule has 1 aromatic carbocycles. The van der Waals surface area contributed by atoms with Gasteiger partial charge < -0.3 is 15.7 Å². The number of hydrogen-bond donors (Lipinski definition) is 3. The second-order valence-corrected chi connectivity index (χ2v) is 4.73. The van der Waals surface area contributed by atoms with Crippen LogP contribution < -0.4 is 10.6 Å². The number of rotatable bonds is 5. The van der Waals surface area contributed by atoms with Crippen LogP contribution in [-0.4, -0.2) is 16.1 Å². The van der Waals surface area contributed by atoms with Crippen molar-refractivity contribution in [1.82, 2.24) is 15.6 Å². The molecule has 1 aromatic heterocycles. The van der Waals surface area contributed by atoms with Gasteiger partial charge in [-0.15, -0.1) is 0 Å². The largest absolute Gasteiger partial charge is 0.392 e. The summed E-state index contributed by atoms with van der Waals surface area (Å²) >= 11 is 0. The Balaban J connectivity index is 1.84. The number of carbonyl (C=O) groups excluding carboxylic acids is 1. The number of carbonyl (C=O) groups is 1. The molecule has 21 heavy (non-hydrogen) atoms. The standard InChI is InChI=1S/C16H19N3O2/c1-12-5-4-8-17-15(12)10-19-16(21)18-9-13-6-2-3-7-14(13)11-20/h2-8,20H,9-11H2,1H3,(H2,18,19,21). The summed E-state index contributed by atoms with van der Waals surface area (Å²) in [6.45, 7) is 2.69. The van der Waals surface area contributed by atoms with E-state index in [1.54, 1.807) is 6.20 Å². The number of nitrogens with zero attached hydrogens (tertiary/aromatic N) is 1. The van der Waals surface area contributed by atoms with Crippen LogP contribution in [0, 0.1) is 6.92 Å². The van der Waals surface area contributed by atoms with Gasteiger partial charge in [-0.1, -0.05) is 30.3 Å². The van der Waals surface area contributed by atoms with Gasteiger partial charge in [-0.05, 0) is 29.7 Å². The fraction of sp³-hybridized carbons (Fsp3) is 0.250. The van der Waals surface area contributed by atoms with E-state index >= 15 is 0 Å². The summed E-state index contributed by atoms with van der Waals surface area (Å²) in [7, 11) is 0. The summed E-state index contributed by atoms with van der Waals surface area (Å²) < 4.78 is 0. The summed E-state index contributed by atoms with van der Waals surface area (Å²) in [4.78, 5) is 16.0. The molecule has 0 aliphatic rings. The van der Waals surface area contributed by atoms with Gasteiger partial charge in [0.25, 0.3) is 0 Å². The normalized spacial score (nSPS) is 10.2. The van der Waals surface area contributed by atoms with Gasteiger partial charge in [-0.3, -0.25) is 4.98 Å². The van der Waals surface area contributed by atoms with Gasteiger partial charge >= 0.3 is 6.03 Å². The average molecular weight is 285 g/mol. The van der Waals surface area contributed by atoms with Crippen LogP contribution in [-0.2, 0) is 19.7 Å². The van der Waals surface area contributed by atoms with Crippen molar-refractivity contribution < 1.29 is 9.90 Å². The molecule has 0 atom stereocenters. The Hall–Kier alpha value is -2.40. The van der Waals surface area contributed by atoms with Crippen LogP contribution in [0.15, 0.2) is 42.6 Å². The molecule has 5 nitrogen and oxygen atoms in total. The summed E-state index contributed by atoms with van der Waals surface area (Å²) in [5.74, 6) is 0. The molecule has 110 valence electrons. The summed E-state index contributed by atoms with van der Waals surface area (Å²) in [5.41, 5.74) is 3.62. The minimum Gasteiger partial charge on any atom is -0.392 e. The second kappa shape index (κ2) is 7.40. The van der Waals surface area contributed by atoms with Crippen molar-refractivity contribution in [2.24, 2.45) is 0 Å². The van der Waals surface area contributed by atoms with Gasteiger partial charge in [0.05, 0.1) is 18.8 Å². The van der Waals surface area contributed by atoms with Crippen molar-refractivity contribution in [2.45, 2.75) is 26.6 Å². The molecule has 0 saturated carbocycles. The molecule has 0 fully saturated rings. The highest BCUT2D eigenvalue weighted by Crippen LogP contribution is 2.08. The zero-order valence-corrected chi connectivity index (χ0v) is 12.0. The molecule has 1 heterocycles. The molecule has 0 unspecified atom stereocenters. The Bertz CT molecular complexity index is 614. The molecular formula is C16H19N3O2. The number of hydrogen-bond acceptors (Lipinski definition) is 3. The molecule has 2 rings (SSSR count). The Morgan fingerprint density at radius 2 is 1.81 bits per heavy atom. The van der Waals surface area contributed by atoms with Crippen LogP contribution >= 0.6 is 0 Å². The van der Waals surface area contributed by atoms with Crippen LogP contribution in [0.1, 0.15) is 22.4 Å².